The number of hydrogen-bond donors (Lipinski definition) is 2. The molecule has 3 fully saturated rings. The Balaban J connectivity index is 1.35. The number of imide groups is 1. The van der Waals surface area contributed by atoms with Crippen LogP contribution >= 0.6 is 0 Å². The van der Waals surface area contributed by atoms with Crippen LogP contribution in [0.15, 0.2) is 0 Å². The lowest BCUT2D eigenvalue weighted by Gasteiger charge is -2.36. The molecule has 2 aliphatic carbocycles. The molecule has 0 spiro atoms. The summed E-state index contributed by atoms with van der Waals surface area (Å²) >= 11 is 0. The molecule has 28 heavy (non-hydrogen) atoms. The first-order valence-electron chi connectivity index (χ1n) is 11.1. The van der Waals surface area contributed by atoms with E-state index in [1.54, 1.807) is 0 Å². The van der Waals surface area contributed by atoms with Crippen molar-refractivity contribution in [3.8, 4) is 0 Å². The third-order valence-corrected chi connectivity index (χ3v) is 6.69. The molecule has 0 bridgehead atoms. The van der Waals surface area contributed by atoms with E-state index in [-0.39, 0.29) is 30.4 Å². The second kappa shape index (κ2) is 10.2. The van der Waals surface area contributed by atoms with Gasteiger partial charge < -0.3 is 10.2 Å². The molecule has 3 aliphatic rings. The van der Waals surface area contributed by atoms with Gasteiger partial charge in [0.1, 0.15) is 0 Å². The van der Waals surface area contributed by atoms with E-state index in [0.29, 0.717) is 38.0 Å². The largest absolute Gasteiger partial charge is 0.340 e. The van der Waals surface area contributed by atoms with E-state index >= 15 is 0 Å². The lowest BCUT2D eigenvalue weighted by Crippen LogP contribution is -2.54. The fraction of sp³-hybridized carbons (Fsp3) is 0.857. The van der Waals surface area contributed by atoms with E-state index in [4.69, 9.17) is 0 Å². The molecule has 0 aromatic rings. The van der Waals surface area contributed by atoms with Crippen molar-refractivity contribution >= 4 is 17.8 Å². The molecule has 3 rings (SSSR count). The third-order valence-electron chi connectivity index (χ3n) is 6.69. The Bertz CT molecular complexity index is 554. The van der Waals surface area contributed by atoms with Gasteiger partial charge in [-0.1, -0.05) is 39.0 Å². The van der Waals surface area contributed by atoms with E-state index in [2.05, 4.69) is 17.6 Å². The zero-order chi connectivity index (χ0) is 19.9. The Morgan fingerprint density at radius 3 is 2.18 bits per heavy atom. The highest BCUT2D eigenvalue weighted by Crippen LogP contribution is 2.26. The molecule has 1 heterocycles. The summed E-state index contributed by atoms with van der Waals surface area (Å²) in [6, 6.07) is -0.217. The van der Waals surface area contributed by atoms with Crippen molar-refractivity contribution in [3.05, 3.63) is 0 Å². The van der Waals surface area contributed by atoms with E-state index < -0.39 is 0 Å². The summed E-state index contributed by atoms with van der Waals surface area (Å²) in [5.41, 5.74) is 0. The van der Waals surface area contributed by atoms with Gasteiger partial charge in [-0.2, -0.15) is 0 Å². The van der Waals surface area contributed by atoms with E-state index in [0.717, 1.165) is 44.9 Å². The number of urea groups is 1. The molecule has 2 saturated carbocycles. The standard InChI is InChI=1S/C21H36N4O3/c1-16-7-5-6-10-18(16)22-21(28)23-19(26)15-24-11-13-25(14-12-24)20(27)17-8-3-2-4-9-17/h16-18H,2-15H2,1H3,(H2,22,23,26,28). The average Bonchev–Trinajstić information content (AvgIpc) is 2.70. The second-order valence-corrected chi connectivity index (χ2v) is 8.83. The van der Waals surface area contributed by atoms with Gasteiger partial charge in [-0.15, -0.1) is 0 Å². The quantitative estimate of drug-likeness (QED) is 0.768. The van der Waals surface area contributed by atoms with Gasteiger partial charge in [-0.3, -0.25) is 19.8 Å². The van der Waals surface area contributed by atoms with Crippen LogP contribution < -0.4 is 10.6 Å². The maximum atomic E-state index is 12.6. The van der Waals surface area contributed by atoms with E-state index in [1.807, 2.05) is 9.80 Å². The van der Waals surface area contributed by atoms with Crippen molar-refractivity contribution in [2.24, 2.45) is 11.8 Å². The molecule has 158 valence electrons. The van der Waals surface area contributed by atoms with Crippen molar-refractivity contribution in [3.63, 3.8) is 0 Å². The van der Waals surface area contributed by atoms with Gasteiger partial charge in [0.15, 0.2) is 0 Å². The Labute approximate surface area is 168 Å². The molecule has 2 N–H and O–H groups in total. The van der Waals surface area contributed by atoms with Crippen LogP contribution in [-0.2, 0) is 9.59 Å². The summed E-state index contributed by atoms with van der Waals surface area (Å²) in [5.74, 6) is 0.691. The van der Waals surface area contributed by atoms with Gasteiger partial charge in [0, 0.05) is 38.1 Å². The SMILES string of the molecule is CC1CCCCC1NC(=O)NC(=O)CN1CCN(C(=O)C2CCCCC2)CC1. The summed E-state index contributed by atoms with van der Waals surface area (Å²) in [6.45, 7) is 5.09. The Morgan fingerprint density at radius 1 is 0.857 bits per heavy atom. The maximum Gasteiger partial charge on any atom is 0.321 e. The third kappa shape index (κ3) is 5.93. The van der Waals surface area contributed by atoms with E-state index in [1.165, 1.54) is 12.8 Å². The highest BCUT2D eigenvalue weighted by atomic mass is 16.2. The maximum absolute atomic E-state index is 12.6. The van der Waals surface area contributed by atoms with Gasteiger partial charge in [0.05, 0.1) is 6.54 Å². The highest BCUT2D eigenvalue weighted by Gasteiger charge is 2.29. The second-order valence-electron chi connectivity index (χ2n) is 8.83. The van der Waals surface area contributed by atoms with Gasteiger partial charge in [0.25, 0.3) is 0 Å². The summed E-state index contributed by atoms with van der Waals surface area (Å²) < 4.78 is 0. The smallest absolute Gasteiger partial charge is 0.321 e. The summed E-state index contributed by atoms with van der Waals surface area (Å²) in [5, 5.41) is 5.42. The van der Waals surface area contributed by atoms with E-state index in [9.17, 15) is 14.4 Å². The van der Waals surface area contributed by atoms with Crippen molar-refractivity contribution in [2.75, 3.05) is 32.7 Å². The van der Waals surface area contributed by atoms with Gasteiger partial charge in [-0.25, -0.2) is 4.79 Å². The molecule has 0 aromatic carbocycles. The van der Waals surface area contributed by atoms with Crippen LogP contribution in [0.4, 0.5) is 4.79 Å². The average molecular weight is 393 g/mol. The van der Waals surface area contributed by atoms with Gasteiger partial charge in [0.2, 0.25) is 11.8 Å². The van der Waals surface area contributed by atoms with Gasteiger partial charge in [-0.05, 0) is 31.6 Å². The molecule has 1 aliphatic heterocycles. The lowest BCUT2D eigenvalue weighted by atomic mass is 9.86. The molecule has 1 saturated heterocycles. The summed E-state index contributed by atoms with van der Waals surface area (Å²) in [6.07, 6.45) is 10.1. The number of hydrogen-bond acceptors (Lipinski definition) is 4. The summed E-state index contributed by atoms with van der Waals surface area (Å²) in [4.78, 5) is 40.9. The fourth-order valence-electron chi connectivity index (χ4n) is 4.84. The van der Waals surface area contributed by atoms with Gasteiger partial charge >= 0.3 is 6.03 Å². The topological polar surface area (TPSA) is 81.8 Å². The number of rotatable bonds is 4. The minimum Gasteiger partial charge on any atom is -0.340 e. The van der Waals surface area contributed by atoms with Crippen molar-refractivity contribution < 1.29 is 14.4 Å². The Hall–Kier alpha value is -1.63. The molecule has 0 radical (unpaired) electrons. The zero-order valence-electron chi connectivity index (χ0n) is 17.3. The van der Waals surface area contributed by atoms with Crippen LogP contribution in [0, 0.1) is 11.8 Å². The van der Waals surface area contributed by atoms with Crippen LogP contribution in [0.1, 0.15) is 64.7 Å². The first-order chi connectivity index (χ1) is 13.5. The normalized spacial score (nSPS) is 27.2. The minimum atomic E-state index is -0.380. The Morgan fingerprint density at radius 2 is 1.50 bits per heavy atom. The predicted octanol–water partition coefficient (Wildman–Crippen LogP) is 2.12. The Kier molecular flexibility index (Phi) is 7.71. The van der Waals surface area contributed by atoms with Crippen LogP contribution in [0.5, 0.6) is 0 Å². The monoisotopic (exact) mass is 392 g/mol. The fourth-order valence-corrected chi connectivity index (χ4v) is 4.84. The first kappa shape index (κ1) is 21.1. The predicted molar refractivity (Wildman–Crippen MR) is 108 cm³/mol. The molecule has 2 atom stereocenters. The number of nitrogens with one attached hydrogen (secondary N) is 2. The number of carbonyl (C=O) groups excluding carboxylic acids is 3. The molecule has 0 aromatic heterocycles. The van der Waals surface area contributed by atoms with Crippen LogP contribution in [0.3, 0.4) is 0 Å². The van der Waals surface area contributed by atoms with Crippen LogP contribution in [0.25, 0.3) is 0 Å². The highest BCUT2D eigenvalue weighted by molar-refractivity contribution is 5.95. The zero-order valence-corrected chi connectivity index (χ0v) is 17.3. The van der Waals surface area contributed by atoms with Crippen molar-refractivity contribution in [2.45, 2.75) is 70.8 Å². The van der Waals surface area contributed by atoms with Crippen molar-refractivity contribution in [1.82, 2.24) is 20.4 Å². The molecular weight excluding hydrogens is 356 g/mol. The van der Waals surface area contributed by atoms with Crippen LogP contribution in [0.2, 0.25) is 0 Å². The molecular formula is C21H36N4O3. The first-order valence-corrected chi connectivity index (χ1v) is 11.1. The number of amides is 4. The lowest BCUT2D eigenvalue weighted by molar-refractivity contribution is -0.138. The van der Waals surface area contributed by atoms with Crippen molar-refractivity contribution in [1.29, 1.82) is 0 Å². The molecule has 7 nitrogen and oxygen atoms in total. The summed E-state index contributed by atoms with van der Waals surface area (Å²) in [7, 11) is 0. The van der Waals surface area contributed by atoms with Crippen LogP contribution in [-0.4, -0.2) is 66.4 Å². The molecule has 2 unspecified atom stereocenters. The number of nitrogens with zero attached hydrogens (tertiary/aromatic N) is 2. The molecule has 4 amide bonds. The minimum absolute atomic E-state index is 0.163. The molecule has 7 heteroatoms. The number of carbonyl (C=O) groups is 3. The number of piperazine rings is 1.